The van der Waals surface area contributed by atoms with Gasteiger partial charge in [0.05, 0.1) is 17.8 Å². The van der Waals surface area contributed by atoms with E-state index in [1.165, 1.54) is 0 Å². The lowest BCUT2D eigenvalue weighted by Crippen LogP contribution is -2.24. The number of pyridine rings is 1. The zero-order chi connectivity index (χ0) is 20.3. The van der Waals surface area contributed by atoms with Crippen molar-refractivity contribution in [2.75, 3.05) is 0 Å². The minimum Gasteiger partial charge on any atom is -0.345 e. The molecule has 3 heterocycles. The van der Waals surface area contributed by atoms with Crippen LogP contribution in [0.4, 0.5) is 0 Å². The zero-order valence-corrected chi connectivity index (χ0v) is 16.0. The van der Waals surface area contributed by atoms with Gasteiger partial charge in [-0.1, -0.05) is 54.6 Å². The Kier molecular flexibility index (Phi) is 4.53. The van der Waals surface area contributed by atoms with Crippen LogP contribution in [0.25, 0.3) is 22.6 Å². The van der Waals surface area contributed by atoms with Crippen LogP contribution in [0.2, 0.25) is 0 Å². The number of aromatic nitrogens is 5. The molecule has 0 spiro atoms. The summed E-state index contributed by atoms with van der Waals surface area (Å²) >= 11 is 0. The number of hydrogen-bond donors (Lipinski definition) is 1. The third-order valence-electron chi connectivity index (χ3n) is 4.82. The van der Waals surface area contributed by atoms with Crippen molar-refractivity contribution in [3.05, 3.63) is 103 Å². The molecule has 7 nitrogen and oxygen atoms in total. The molecule has 146 valence electrons. The summed E-state index contributed by atoms with van der Waals surface area (Å²) in [6.07, 6.45) is 3.63. The summed E-state index contributed by atoms with van der Waals surface area (Å²) < 4.78 is 3.58. The van der Waals surface area contributed by atoms with Crippen molar-refractivity contribution in [1.29, 1.82) is 0 Å². The van der Waals surface area contributed by atoms with Gasteiger partial charge in [0.2, 0.25) is 0 Å². The van der Waals surface area contributed by atoms with Crippen molar-refractivity contribution in [2.45, 2.75) is 6.54 Å². The molecule has 0 aliphatic heterocycles. The fourth-order valence-electron chi connectivity index (χ4n) is 3.33. The molecule has 2 aromatic carbocycles. The van der Waals surface area contributed by atoms with Gasteiger partial charge < -0.3 is 5.32 Å². The molecule has 0 aliphatic carbocycles. The highest BCUT2D eigenvalue weighted by Crippen LogP contribution is 2.23. The van der Waals surface area contributed by atoms with E-state index in [2.05, 4.69) is 20.6 Å². The first-order valence-corrected chi connectivity index (χ1v) is 9.57. The molecule has 0 fully saturated rings. The Morgan fingerprint density at radius 2 is 1.60 bits per heavy atom. The molecular weight excluding hydrogens is 376 g/mol. The lowest BCUT2D eigenvalue weighted by molar-refractivity contribution is 0.0950. The Morgan fingerprint density at radius 3 is 2.40 bits per heavy atom. The van der Waals surface area contributed by atoms with Crippen LogP contribution >= 0.6 is 0 Å². The Morgan fingerprint density at radius 1 is 0.867 bits per heavy atom. The molecular formula is C23H18N6O. The first kappa shape index (κ1) is 17.8. The van der Waals surface area contributed by atoms with Gasteiger partial charge in [0.25, 0.3) is 5.91 Å². The van der Waals surface area contributed by atoms with Crippen LogP contribution in [0.1, 0.15) is 16.2 Å². The maximum Gasteiger partial charge on any atom is 0.255 e. The van der Waals surface area contributed by atoms with Crippen LogP contribution in [0.5, 0.6) is 0 Å². The summed E-state index contributed by atoms with van der Waals surface area (Å²) in [6, 6.07) is 25.1. The number of nitrogens with one attached hydrogen (secondary N) is 1. The summed E-state index contributed by atoms with van der Waals surface area (Å²) in [6.45, 7) is 0.259. The van der Waals surface area contributed by atoms with Gasteiger partial charge in [0, 0.05) is 18.0 Å². The van der Waals surface area contributed by atoms with Crippen molar-refractivity contribution in [2.24, 2.45) is 0 Å². The molecule has 0 aliphatic rings. The fraction of sp³-hybridized carbons (Fsp3) is 0.0435. The fourth-order valence-corrected chi connectivity index (χ4v) is 3.33. The number of benzene rings is 2. The van der Waals surface area contributed by atoms with E-state index in [0.29, 0.717) is 17.1 Å². The van der Waals surface area contributed by atoms with E-state index in [-0.39, 0.29) is 12.5 Å². The van der Waals surface area contributed by atoms with E-state index >= 15 is 0 Å². The van der Waals surface area contributed by atoms with Crippen molar-refractivity contribution in [3.63, 3.8) is 0 Å². The van der Waals surface area contributed by atoms with Gasteiger partial charge in [-0.05, 0) is 24.3 Å². The first-order chi connectivity index (χ1) is 14.8. The van der Waals surface area contributed by atoms with E-state index < -0.39 is 0 Å². The van der Waals surface area contributed by atoms with Crippen molar-refractivity contribution < 1.29 is 4.79 Å². The highest BCUT2D eigenvalue weighted by atomic mass is 16.1. The smallest absolute Gasteiger partial charge is 0.255 e. The second kappa shape index (κ2) is 7.63. The molecule has 5 rings (SSSR count). The number of amides is 1. The van der Waals surface area contributed by atoms with E-state index in [0.717, 1.165) is 16.9 Å². The zero-order valence-electron chi connectivity index (χ0n) is 16.0. The number of para-hydroxylation sites is 1. The molecule has 0 saturated carbocycles. The summed E-state index contributed by atoms with van der Waals surface area (Å²) in [5.41, 5.74) is 3.63. The molecule has 5 aromatic rings. The standard InChI is InChI=1S/C23H18N6O/c30-23(24-15-21-26-25-20-13-7-8-14-28(20)21)19-16-29(18-11-5-2-6-12-18)27-22(19)17-9-3-1-4-10-17/h1-14,16H,15H2,(H,24,30). The van der Waals surface area contributed by atoms with E-state index in [1.807, 2.05) is 89.5 Å². The minimum atomic E-state index is -0.219. The lowest BCUT2D eigenvalue weighted by Gasteiger charge is -2.04. The maximum atomic E-state index is 13.1. The molecule has 0 radical (unpaired) electrons. The van der Waals surface area contributed by atoms with Gasteiger partial charge >= 0.3 is 0 Å². The normalized spacial score (nSPS) is 10.9. The molecule has 0 bridgehead atoms. The molecule has 30 heavy (non-hydrogen) atoms. The summed E-state index contributed by atoms with van der Waals surface area (Å²) in [7, 11) is 0. The van der Waals surface area contributed by atoms with Gasteiger partial charge in [-0.25, -0.2) is 4.68 Å². The Balaban J connectivity index is 1.47. The summed E-state index contributed by atoms with van der Waals surface area (Å²) in [4.78, 5) is 13.1. The number of hydrogen-bond acceptors (Lipinski definition) is 4. The van der Waals surface area contributed by atoms with Crippen LogP contribution in [0.15, 0.2) is 91.3 Å². The van der Waals surface area contributed by atoms with Gasteiger partial charge in [-0.15, -0.1) is 10.2 Å². The van der Waals surface area contributed by atoms with Crippen LogP contribution in [-0.4, -0.2) is 30.3 Å². The number of carbonyl (C=O) groups excluding carboxylic acids is 1. The average molecular weight is 394 g/mol. The van der Waals surface area contributed by atoms with Crippen molar-refractivity contribution in [1.82, 2.24) is 29.7 Å². The number of nitrogens with zero attached hydrogens (tertiary/aromatic N) is 5. The second-order valence-electron chi connectivity index (χ2n) is 6.77. The quantitative estimate of drug-likeness (QED) is 0.495. The monoisotopic (exact) mass is 394 g/mol. The van der Waals surface area contributed by atoms with E-state index in [1.54, 1.807) is 10.9 Å². The SMILES string of the molecule is O=C(NCc1nnc2ccccn12)c1cn(-c2ccccc2)nc1-c1ccccc1. The van der Waals surface area contributed by atoms with E-state index in [9.17, 15) is 4.79 Å². The number of fused-ring (bicyclic) bond motifs is 1. The van der Waals surface area contributed by atoms with Gasteiger partial charge in [-0.2, -0.15) is 5.10 Å². The second-order valence-corrected chi connectivity index (χ2v) is 6.77. The molecule has 1 N–H and O–H groups in total. The predicted molar refractivity (Wildman–Crippen MR) is 113 cm³/mol. The van der Waals surface area contributed by atoms with Crippen LogP contribution in [-0.2, 0) is 6.54 Å². The Hall–Kier alpha value is -4.26. The Labute approximate surface area is 172 Å². The molecule has 7 heteroatoms. The Bertz CT molecular complexity index is 1310. The van der Waals surface area contributed by atoms with Crippen LogP contribution in [0, 0.1) is 0 Å². The van der Waals surface area contributed by atoms with Crippen LogP contribution < -0.4 is 5.32 Å². The molecule has 0 unspecified atom stereocenters. The largest absolute Gasteiger partial charge is 0.345 e. The predicted octanol–water partition coefficient (Wildman–Crippen LogP) is 3.51. The first-order valence-electron chi connectivity index (χ1n) is 9.57. The van der Waals surface area contributed by atoms with Gasteiger partial charge in [0.1, 0.15) is 5.69 Å². The summed E-state index contributed by atoms with van der Waals surface area (Å²) in [5, 5.41) is 15.9. The maximum absolute atomic E-state index is 13.1. The molecule has 0 saturated heterocycles. The highest BCUT2D eigenvalue weighted by molar-refractivity contribution is 5.99. The van der Waals surface area contributed by atoms with Gasteiger partial charge in [-0.3, -0.25) is 9.20 Å². The highest BCUT2D eigenvalue weighted by Gasteiger charge is 2.19. The molecule has 1 amide bonds. The van der Waals surface area contributed by atoms with Gasteiger partial charge in [0.15, 0.2) is 11.5 Å². The van der Waals surface area contributed by atoms with E-state index in [4.69, 9.17) is 0 Å². The number of carbonyl (C=O) groups is 1. The molecule has 3 aromatic heterocycles. The van der Waals surface area contributed by atoms with Crippen molar-refractivity contribution in [3.8, 4) is 16.9 Å². The third kappa shape index (κ3) is 3.33. The van der Waals surface area contributed by atoms with Crippen molar-refractivity contribution >= 4 is 11.6 Å². The molecule has 0 atom stereocenters. The lowest BCUT2D eigenvalue weighted by atomic mass is 10.1. The minimum absolute atomic E-state index is 0.219. The topological polar surface area (TPSA) is 77.1 Å². The van der Waals surface area contributed by atoms with Crippen LogP contribution in [0.3, 0.4) is 0 Å². The summed E-state index contributed by atoms with van der Waals surface area (Å²) in [5.74, 6) is 0.444. The number of rotatable bonds is 5. The third-order valence-corrected chi connectivity index (χ3v) is 4.82. The average Bonchev–Trinajstić information content (AvgIpc) is 3.44.